The van der Waals surface area contributed by atoms with Gasteiger partial charge in [0.1, 0.15) is 12.6 Å². The second kappa shape index (κ2) is 13.3. The van der Waals surface area contributed by atoms with Gasteiger partial charge in [0.25, 0.3) is 0 Å². The molecule has 2 rings (SSSR count). The van der Waals surface area contributed by atoms with E-state index < -0.39 is 0 Å². The maximum atomic E-state index is 11.9. The Bertz CT molecular complexity index is 769. The standard InChI is InChI=1S/C20H28N4O3S.HI/c1-15(27-18-10-6-5-9-17(18)26-4)12-21-20(23-14-19(25)24(2)3)22-13-16-8-7-11-28-16;/h5-11,15H,12-14H2,1-4H3,(H2,21,22,23);1H. The van der Waals surface area contributed by atoms with Gasteiger partial charge in [0, 0.05) is 19.0 Å². The number of nitrogens with zero attached hydrogens (tertiary/aromatic N) is 2. The number of carbonyl (C=O) groups is 1. The summed E-state index contributed by atoms with van der Waals surface area (Å²) in [5.74, 6) is 1.89. The van der Waals surface area contributed by atoms with Crippen LogP contribution in [0.5, 0.6) is 11.5 Å². The summed E-state index contributed by atoms with van der Waals surface area (Å²) in [5.41, 5.74) is 0. The molecule has 1 atom stereocenters. The van der Waals surface area contributed by atoms with Gasteiger partial charge in [-0.2, -0.15) is 0 Å². The lowest BCUT2D eigenvalue weighted by Gasteiger charge is -2.19. The van der Waals surface area contributed by atoms with E-state index in [0.29, 0.717) is 30.5 Å². The van der Waals surface area contributed by atoms with Crippen molar-refractivity contribution in [2.75, 3.05) is 34.3 Å². The predicted octanol–water partition coefficient (Wildman–Crippen LogP) is 2.97. The Balaban J connectivity index is 0.00000420. The maximum Gasteiger partial charge on any atom is 0.243 e. The van der Waals surface area contributed by atoms with Crippen LogP contribution in [0.15, 0.2) is 46.8 Å². The highest BCUT2D eigenvalue weighted by atomic mass is 127. The van der Waals surface area contributed by atoms with E-state index in [0.717, 1.165) is 0 Å². The topological polar surface area (TPSA) is 75.2 Å². The third-order valence-electron chi connectivity index (χ3n) is 3.84. The number of halogens is 1. The number of thiophene rings is 1. The Hall–Kier alpha value is -2.01. The van der Waals surface area contributed by atoms with Crippen LogP contribution >= 0.6 is 35.3 Å². The van der Waals surface area contributed by atoms with Crippen LogP contribution in [0.1, 0.15) is 11.8 Å². The minimum Gasteiger partial charge on any atom is -0.493 e. The lowest BCUT2D eigenvalue weighted by molar-refractivity contribution is -0.127. The zero-order valence-corrected chi connectivity index (χ0v) is 20.3. The van der Waals surface area contributed by atoms with E-state index in [1.54, 1.807) is 32.5 Å². The number of aliphatic imine (C=N–C) groups is 1. The highest BCUT2D eigenvalue weighted by molar-refractivity contribution is 14.0. The van der Waals surface area contributed by atoms with Gasteiger partial charge in [-0.1, -0.05) is 18.2 Å². The zero-order chi connectivity index (χ0) is 20.4. The first kappa shape index (κ1) is 25.0. The molecule has 0 radical (unpaired) electrons. The summed E-state index contributed by atoms with van der Waals surface area (Å²) in [6, 6.07) is 11.6. The molecule has 0 aliphatic rings. The normalized spacial score (nSPS) is 11.8. The number of carbonyl (C=O) groups excluding carboxylic acids is 1. The molecule has 2 N–H and O–H groups in total. The van der Waals surface area contributed by atoms with Crippen LogP contribution in [0.4, 0.5) is 0 Å². The minimum atomic E-state index is -0.130. The molecule has 0 fully saturated rings. The smallest absolute Gasteiger partial charge is 0.243 e. The number of methoxy groups -OCH3 is 1. The molecule has 0 spiro atoms. The number of para-hydroxylation sites is 2. The monoisotopic (exact) mass is 532 g/mol. The Morgan fingerprint density at radius 2 is 1.90 bits per heavy atom. The molecule has 2 aromatic rings. The second-order valence-corrected chi connectivity index (χ2v) is 7.38. The van der Waals surface area contributed by atoms with Gasteiger partial charge < -0.3 is 25.0 Å². The number of amides is 1. The van der Waals surface area contributed by atoms with Crippen LogP contribution in [0.3, 0.4) is 0 Å². The van der Waals surface area contributed by atoms with Gasteiger partial charge in [0.2, 0.25) is 5.91 Å². The van der Waals surface area contributed by atoms with Gasteiger partial charge in [-0.3, -0.25) is 4.79 Å². The zero-order valence-electron chi connectivity index (χ0n) is 17.2. The van der Waals surface area contributed by atoms with E-state index in [2.05, 4.69) is 15.6 Å². The first-order valence-electron chi connectivity index (χ1n) is 9.04. The van der Waals surface area contributed by atoms with E-state index in [1.807, 2.05) is 48.7 Å². The summed E-state index contributed by atoms with van der Waals surface area (Å²) in [4.78, 5) is 18.9. The fourth-order valence-corrected chi connectivity index (χ4v) is 2.91. The van der Waals surface area contributed by atoms with Crippen molar-refractivity contribution in [3.8, 4) is 11.5 Å². The van der Waals surface area contributed by atoms with Crippen molar-refractivity contribution in [2.45, 2.75) is 19.6 Å². The largest absolute Gasteiger partial charge is 0.493 e. The van der Waals surface area contributed by atoms with E-state index in [1.165, 1.54) is 9.78 Å². The molecule has 1 heterocycles. The number of guanidine groups is 1. The maximum absolute atomic E-state index is 11.9. The molecular formula is C20H29IN4O3S. The molecule has 1 amide bonds. The summed E-state index contributed by atoms with van der Waals surface area (Å²) in [6.45, 7) is 3.20. The van der Waals surface area contributed by atoms with E-state index >= 15 is 0 Å². The van der Waals surface area contributed by atoms with Crippen molar-refractivity contribution in [3.05, 3.63) is 46.7 Å². The van der Waals surface area contributed by atoms with Crippen LogP contribution in [0.25, 0.3) is 0 Å². The molecule has 0 bridgehead atoms. The number of benzene rings is 1. The summed E-state index contributed by atoms with van der Waals surface area (Å²) >= 11 is 1.67. The number of ether oxygens (including phenoxy) is 2. The van der Waals surface area contributed by atoms with Crippen molar-refractivity contribution in [3.63, 3.8) is 0 Å². The Morgan fingerprint density at radius 3 is 2.52 bits per heavy atom. The second-order valence-electron chi connectivity index (χ2n) is 6.35. The Morgan fingerprint density at radius 1 is 1.17 bits per heavy atom. The lowest BCUT2D eigenvalue weighted by atomic mass is 10.3. The van der Waals surface area contributed by atoms with E-state index in [9.17, 15) is 4.79 Å². The van der Waals surface area contributed by atoms with Crippen molar-refractivity contribution >= 4 is 47.2 Å². The SMILES string of the molecule is COc1ccccc1OC(C)CNC(=NCC(=O)N(C)C)NCc1cccs1.I. The third kappa shape index (κ3) is 8.90. The average molecular weight is 532 g/mol. The van der Waals surface area contributed by atoms with Gasteiger partial charge in [0.05, 0.1) is 20.2 Å². The van der Waals surface area contributed by atoms with Crippen molar-refractivity contribution in [1.29, 1.82) is 0 Å². The fraction of sp³-hybridized carbons (Fsp3) is 0.400. The molecule has 160 valence electrons. The number of rotatable bonds is 9. The molecule has 1 unspecified atom stereocenters. The van der Waals surface area contributed by atoms with Crippen LogP contribution < -0.4 is 20.1 Å². The van der Waals surface area contributed by atoms with Gasteiger partial charge in [0.15, 0.2) is 17.5 Å². The molecule has 7 nitrogen and oxygen atoms in total. The molecule has 0 saturated carbocycles. The van der Waals surface area contributed by atoms with Crippen LogP contribution in [-0.2, 0) is 11.3 Å². The first-order valence-corrected chi connectivity index (χ1v) is 9.92. The molecule has 29 heavy (non-hydrogen) atoms. The van der Waals surface area contributed by atoms with Crippen LogP contribution in [-0.4, -0.2) is 57.2 Å². The molecule has 9 heteroatoms. The highest BCUT2D eigenvalue weighted by Crippen LogP contribution is 2.26. The molecule has 0 aliphatic carbocycles. The summed E-state index contributed by atoms with van der Waals surface area (Å²) in [6.07, 6.45) is -0.130. The first-order chi connectivity index (χ1) is 13.5. The number of likely N-dealkylation sites (N-methyl/N-ethyl adjacent to an activating group) is 1. The van der Waals surface area contributed by atoms with E-state index in [-0.39, 0.29) is 42.5 Å². The molecule has 0 saturated heterocycles. The van der Waals surface area contributed by atoms with Crippen LogP contribution in [0, 0.1) is 0 Å². The number of hydrogen-bond acceptors (Lipinski definition) is 5. The molecule has 0 aliphatic heterocycles. The van der Waals surface area contributed by atoms with Gasteiger partial charge in [-0.15, -0.1) is 35.3 Å². The van der Waals surface area contributed by atoms with Gasteiger partial charge >= 0.3 is 0 Å². The van der Waals surface area contributed by atoms with Crippen molar-refractivity contribution < 1.29 is 14.3 Å². The summed E-state index contributed by atoms with van der Waals surface area (Å²) < 4.78 is 11.3. The Labute approximate surface area is 193 Å². The van der Waals surface area contributed by atoms with Crippen LogP contribution in [0.2, 0.25) is 0 Å². The molecule has 1 aromatic carbocycles. The quantitative estimate of drug-likeness (QED) is 0.295. The van der Waals surface area contributed by atoms with Crippen molar-refractivity contribution in [2.24, 2.45) is 4.99 Å². The number of nitrogens with one attached hydrogen (secondary N) is 2. The molecule has 1 aromatic heterocycles. The lowest BCUT2D eigenvalue weighted by Crippen LogP contribution is -2.42. The summed E-state index contributed by atoms with van der Waals surface area (Å²) in [7, 11) is 5.05. The molecular weight excluding hydrogens is 503 g/mol. The van der Waals surface area contributed by atoms with Gasteiger partial charge in [-0.25, -0.2) is 4.99 Å². The fourth-order valence-electron chi connectivity index (χ4n) is 2.26. The highest BCUT2D eigenvalue weighted by Gasteiger charge is 2.10. The Kier molecular flexibility index (Phi) is 11.4. The average Bonchev–Trinajstić information content (AvgIpc) is 3.21. The number of hydrogen-bond donors (Lipinski definition) is 2. The minimum absolute atomic E-state index is 0. The predicted molar refractivity (Wildman–Crippen MR) is 129 cm³/mol. The van der Waals surface area contributed by atoms with Crippen molar-refractivity contribution in [1.82, 2.24) is 15.5 Å². The van der Waals surface area contributed by atoms with E-state index in [4.69, 9.17) is 9.47 Å². The third-order valence-corrected chi connectivity index (χ3v) is 4.71. The summed E-state index contributed by atoms with van der Waals surface area (Å²) in [5, 5.41) is 8.53. The van der Waals surface area contributed by atoms with Gasteiger partial charge in [-0.05, 0) is 30.5 Å².